The number of hydrogen-bond donors (Lipinski definition) is 1. The first-order valence-corrected chi connectivity index (χ1v) is 6.98. The van der Waals surface area contributed by atoms with Crippen LogP contribution in [-0.2, 0) is 4.79 Å². The van der Waals surface area contributed by atoms with Gasteiger partial charge in [-0.3, -0.25) is 20.2 Å². The third kappa shape index (κ3) is 3.56. The first-order valence-electron chi connectivity index (χ1n) is 6.98. The van der Waals surface area contributed by atoms with E-state index >= 15 is 0 Å². The number of carbonyl (C=O) groups excluding carboxylic acids is 1. The minimum absolute atomic E-state index is 0.0241. The quantitative estimate of drug-likeness (QED) is 0.624. The van der Waals surface area contributed by atoms with Crippen LogP contribution in [0.15, 0.2) is 24.3 Å². The average molecular weight is 292 g/mol. The van der Waals surface area contributed by atoms with E-state index in [0.29, 0.717) is 6.54 Å². The molecule has 1 amide bonds. The molecule has 1 aromatic rings. The van der Waals surface area contributed by atoms with E-state index in [2.05, 4.69) is 17.1 Å². The molecule has 1 saturated heterocycles. The van der Waals surface area contributed by atoms with E-state index in [0.717, 1.165) is 18.7 Å². The Morgan fingerprint density at radius 2 is 2.29 bits per heavy atom. The van der Waals surface area contributed by atoms with Crippen LogP contribution in [0, 0.1) is 10.1 Å². The third-order valence-corrected chi connectivity index (χ3v) is 3.74. The molecule has 0 spiro atoms. The Morgan fingerprint density at radius 1 is 1.52 bits per heavy atom. The van der Waals surface area contributed by atoms with Gasteiger partial charge in [-0.1, -0.05) is 19.1 Å². The second-order valence-corrected chi connectivity index (χ2v) is 5.12. The summed E-state index contributed by atoms with van der Waals surface area (Å²) in [6.45, 7) is 4.61. The molecule has 0 aliphatic carbocycles. The second-order valence-electron chi connectivity index (χ2n) is 5.12. The molecular weight excluding hydrogens is 272 g/mol. The van der Waals surface area contributed by atoms with Crippen LogP contribution in [0.2, 0.25) is 0 Å². The maximum atomic E-state index is 12.0. The average Bonchev–Trinajstić information content (AvgIpc) is 2.85. The lowest BCUT2D eigenvalue weighted by Crippen LogP contribution is -2.37. The number of rotatable bonds is 6. The highest BCUT2D eigenvalue weighted by atomic mass is 16.6. The molecule has 1 N–H and O–H groups in total. The Bertz CT molecular complexity index is 535. The third-order valence-electron chi connectivity index (χ3n) is 3.74. The standard InChI is InChI=1S/C14H20N4O3/c1-3-16(2)7-8-17-13(19)10-15-14(17)11-5-4-6-12(9-11)18(20)21/h4-6,9,14-15H,3,7-8,10H2,1-2H3. The monoisotopic (exact) mass is 292 g/mol. The van der Waals surface area contributed by atoms with Gasteiger partial charge in [0.05, 0.1) is 11.5 Å². The Hall–Kier alpha value is -1.99. The number of benzene rings is 1. The second kappa shape index (κ2) is 6.64. The van der Waals surface area contributed by atoms with Crippen LogP contribution in [0.4, 0.5) is 5.69 Å². The predicted molar refractivity (Wildman–Crippen MR) is 78.7 cm³/mol. The molecule has 2 rings (SSSR count). The zero-order valence-electron chi connectivity index (χ0n) is 12.3. The summed E-state index contributed by atoms with van der Waals surface area (Å²) in [6, 6.07) is 6.43. The van der Waals surface area contributed by atoms with Crippen molar-refractivity contribution in [3.8, 4) is 0 Å². The van der Waals surface area contributed by atoms with Crippen LogP contribution in [0.3, 0.4) is 0 Å². The normalized spacial score (nSPS) is 18.5. The largest absolute Gasteiger partial charge is 0.321 e. The van der Waals surface area contributed by atoms with Gasteiger partial charge >= 0.3 is 0 Å². The number of hydrogen-bond acceptors (Lipinski definition) is 5. The van der Waals surface area contributed by atoms with Crippen molar-refractivity contribution in [3.63, 3.8) is 0 Å². The van der Waals surface area contributed by atoms with E-state index in [1.54, 1.807) is 17.0 Å². The molecule has 0 radical (unpaired) electrons. The van der Waals surface area contributed by atoms with Gasteiger partial charge in [0.1, 0.15) is 6.17 Å². The molecular formula is C14H20N4O3. The van der Waals surface area contributed by atoms with Gasteiger partial charge in [-0.25, -0.2) is 0 Å². The molecule has 7 heteroatoms. The fourth-order valence-corrected chi connectivity index (χ4v) is 2.34. The summed E-state index contributed by atoms with van der Waals surface area (Å²) in [5.74, 6) is 0.0241. The molecule has 1 aromatic carbocycles. The molecule has 1 unspecified atom stereocenters. The highest BCUT2D eigenvalue weighted by molar-refractivity contribution is 5.81. The van der Waals surface area contributed by atoms with Crippen molar-refractivity contribution in [3.05, 3.63) is 39.9 Å². The van der Waals surface area contributed by atoms with E-state index in [1.807, 2.05) is 7.05 Å². The predicted octanol–water partition coefficient (Wildman–Crippen LogP) is 0.977. The van der Waals surface area contributed by atoms with E-state index < -0.39 is 4.92 Å². The van der Waals surface area contributed by atoms with Crippen LogP contribution in [0.1, 0.15) is 18.7 Å². The number of likely N-dealkylation sites (N-methyl/N-ethyl adjacent to an activating group) is 1. The Balaban J connectivity index is 2.15. The molecule has 1 heterocycles. The molecule has 1 atom stereocenters. The molecule has 21 heavy (non-hydrogen) atoms. The number of amides is 1. The van der Waals surface area contributed by atoms with Gasteiger partial charge in [-0.15, -0.1) is 0 Å². The fourth-order valence-electron chi connectivity index (χ4n) is 2.34. The van der Waals surface area contributed by atoms with Crippen molar-refractivity contribution in [1.82, 2.24) is 15.1 Å². The van der Waals surface area contributed by atoms with Crippen molar-refractivity contribution in [2.45, 2.75) is 13.1 Å². The number of non-ortho nitro benzene ring substituents is 1. The fraction of sp³-hybridized carbons (Fsp3) is 0.500. The zero-order valence-corrected chi connectivity index (χ0v) is 12.3. The number of nitrogens with one attached hydrogen (secondary N) is 1. The highest BCUT2D eigenvalue weighted by Gasteiger charge is 2.31. The SMILES string of the molecule is CCN(C)CCN1C(=O)CNC1c1cccc([N+](=O)[O-])c1. The van der Waals surface area contributed by atoms with Crippen molar-refractivity contribution < 1.29 is 9.72 Å². The number of carbonyl (C=O) groups is 1. The van der Waals surface area contributed by atoms with Crippen LogP contribution in [0.5, 0.6) is 0 Å². The maximum Gasteiger partial charge on any atom is 0.269 e. The Morgan fingerprint density at radius 3 is 2.95 bits per heavy atom. The molecule has 1 fully saturated rings. The summed E-state index contributed by atoms with van der Waals surface area (Å²) in [6.07, 6.45) is -0.289. The first kappa shape index (κ1) is 15.4. The molecule has 7 nitrogen and oxygen atoms in total. The van der Waals surface area contributed by atoms with Crippen molar-refractivity contribution in [2.24, 2.45) is 0 Å². The summed E-state index contributed by atoms with van der Waals surface area (Å²) in [7, 11) is 2.00. The summed E-state index contributed by atoms with van der Waals surface area (Å²) in [5, 5.41) is 14.0. The van der Waals surface area contributed by atoms with Gasteiger partial charge < -0.3 is 9.80 Å². The smallest absolute Gasteiger partial charge is 0.269 e. The molecule has 1 aliphatic rings. The minimum atomic E-state index is -0.421. The lowest BCUT2D eigenvalue weighted by Gasteiger charge is -2.26. The van der Waals surface area contributed by atoms with Crippen molar-refractivity contribution >= 4 is 11.6 Å². The topological polar surface area (TPSA) is 78.7 Å². The summed E-state index contributed by atoms with van der Waals surface area (Å²) in [4.78, 5) is 26.3. The van der Waals surface area contributed by atoms with Crippen LogP contribution in [-0.4, -0.2) is 53.9 Å². The van der Waals surface area contributed by atoms with Crippen LogP contribution < -0.4 is 5.32 Å². The van der Waals surface area contributed by atoms with Crippen molar-refractivity contribution in [1.29, 1.82) is 0 Å². The van der Waals surface area contributed by atoms with E-state index in [9.17, 15) is 14.9 Å². The Kier molecular flexibility index (Phi) is 4.87. The van der Waals surface area contributed by atoms with Crippen molar-refractivity contribution in [2.75, 3.05) is 33.2 Å². The summed E-state index contributed by atoms with van der Waals surface area (Å²) < 4.78 is 0. The van der Waals surface area contributed by atoms with E-state index in [1.165, 1.54) is 12.1 Å². The first-order chi connectivity index (χ1) is 10.0. The highest BCUT2D eigenvalue weighted by Crippen LogP contribution is 2.25. The Labute approximate surface area is 123 Å². The van der Waals surface area contributed by atoms with E-state index in [-0.39, 0.29) is 24.3 Å². The molecule has 0 aromatic heterocycles. The summed E-state index contributed by atoms with van der Waals surface area (Å²) >= 11 is 0. The van der Waals surface area contributed by atoms with Crippen LogP contribution >= 0.6 is 0 Å². The van der Waals surface area contributed by atoms with Gasteiger partial charge in [0.15, 0.2) is 0 Å². The van der Waals surface area contributed by atoms with Gasteiger partial charge in [-0.05, 0) is 19.2 Å². The molecule has 0 bridgehead atoms. The van der Waals surface area contributed by atoms with Crippen LogP contribution in [0.25, 0.3) is 0 Å². The van der Waals surface area contributed by atoms with Gasteiger partial charge in [0.25, 0.3) is 5.69 Å². The maximum absolute atomic E-state index is 12.0. The minimum Gasteiger partial charge on any atom is -0.321 e. The zero-order chi connectivity index (χ0) is 15.4. The van der Waals surface area contributed by atoms with Gasteiger partial charge in [0.2, 0.25) is 5.91 Å². The van der Waals surface area contributed by atoms with Gasteiger partial charge in [0, 0.05) is 25.2 Å². The number of nitrogens with zero attached hydrogens (tertiary/aromatic N) is 3. The lowest BCUT2D eigenvalue weighted by molar-refractivity contribution is -0.385. The lowest BCUT2D eigenvalue weighted by atomic mass is 10.1. The summed E-state index contributed by atoms with van der Waals surface area (Å²) in [5.41, 5.74) is 0.786. The van der Waals surface area contributed by atoms with E-state index in [4.69, 9.17) is 0 Å². The van der Waals surface area contributed by atoms with Gasteiger partial charge in [-0.2, -0.15) is 0 Å². The number of nitro groups is 1. The number of nitro benzene ring substituents is 1. The molecule has 0 saturated carbocycles. The molecule has 114 valence electrons. The molecule has 1 aliphatic heterocycles.